The number of pyridine rings is 6. The molecule has 0 unspecified atom stereocenters. The predicted octanol–water partition coefficient (Wildman–Crippen LogP) is 9.06. The normalized spacial score (nSPS) is 12.5. The first-order chi connectivity index (χ1) is 34.3. The van der Waals surface area contributed by atoms with E-state index in [-0.39, 0.29) is 32.6 Å². The van der Waals surface area contributed by atoms with Gasteiger partial charge in [0.25, 0.3) is 0 Å². The summed E-state index contributed by atoms with van der Waals surface area (Å²) < 4.78 is 6.04. The Morgan fingerprint density at radius 1 is 0.229 bits per heavy atom. The van der Waals surface area contributed by atoms with Crippen molar-refractivity contribution in [1.82, 2.24) is 13.2 Å². The van der Waals surface area contributed by atoms with Crippen LogP contribution in [0.1, 0.15) is 0 Å². The summed E-state index contributed by atoms with van der Waals surface area (Å²) >= 11 is 0. The van der Waals surface area contributed by atoms with Crippen molar-refractivity contribution in [1.29, 1.82) is 0 Å². The van der Waals surface area contributed by atoms with E-state index in [0.717, 1.165) is 15.9 Å². The molecule has 0 atom stereocenters. The topological polar surface area (TPSA) is 116 Å². The molecular weight excluding hydrogens is 890 g/mol. The average molecular weight is 920 g/mol. The Labute approximate surface area is 393 Å². The van der Waals surface area contributed by atoms with Gasteiger partial charge in [-0.3, -0.25) is 28.8 Å². The third-order valence-corrected chi connectivity index (χ3v) is 17.0. The number of nitrogens with zero attached hydrogens (tertiary/aromatic N) is 3. The van der Waals surface area contributed by atoms with E-state index >= 15 is 0 Å². The molecule has 0 amide bonds. The summed E-state index contributed by atoms with van der Waals surface area (Å²) in [4.78, 5) is 86.2. The second-order valence-electron chi connectivity index (χ2n) is 18.1. The molecule has 0 N–H and O–H groups in total. The van der Waals surface area contributed by atoms with E-state index in [1.54, 1.807) is 54.6 Å². The van der Waals surface area contributed by atoms with Crippen molar-refractivity contribution in [3.05, 3.63) is 243 Å². The van der Waals surface area contributed by atoms with Gasteiger partial charge in [0.15, 0.2) is 32.6 Å². The average Bonchev–Trinajstić information content (AvgIpc) is 3.40. The van der Waals surface area contributed by atoms with Crippen LogP contribution in [0.4, 0.5) is 0 Å². The predicted molar refractivity (Wildman–Crippen MR) is 287 cm³/mol. The molecule has 0 saturated carbocycles. The van der Waals surface area contributed by atoms with Gasteiger partial charge in [-0.2, -0.15) is 0 Å². The number of hydrogen-bond acceptors (Lipinski definition) is 6. The summed E-state index contributed by atoms with van der Waals surface area (Å²) in [5.74, 6) is 0. The van der Waals surface area contributed by atoms with Crippen LogP contribution >= 0.6 is 7.92 Å². The largest absolute Gasteiger partial charge is 0.308 e. The zero-order chi connectivity index (χ0) is 46.8. The summed E-state index contributed by atoms with van der Waals surface area (Å²) in [6.07, 6.45) is 0. The van der Waals surface area contributed by atoms with Crippen LogP contribution in [0.15, 0.2) is 211 Å². The zero-order valence-corrected chi connectivity index (χ0v) is 37.5. The van der Waals surface area contributed by atoms with Crippen LogP contribution in [-0.4, -0.2) is 13.2 Å². The molecule has 6 aromatic heterocycles. The Kier molecular flexibility index (Phi) is 7.62. The van der Waals surface area contributed by atoms with Gasteiger partial charge >= 0.3 is 0 Å². The van der Waals surface area contributed by atoms with Crippen molar-refractivity contribution in [2.45, 2.75) is 0 Å². The summed E-state index contributed by atoms with van der Waals surface area (Å²) in [5, 5.41) is 8.01. The van der Waals surface area contributed by atoms with Crippen molar-refractivity contribution in [2.24, 2.45) is 0 Å². The third kappa shape index (κ3) is 4.88. The summed E-state index contributed by atoms with van der Waals surface area (Å²) in [6, 6.07) is 55.8. The highest BCUT2D eigenvalue weighted by Crippen LogP contribution is 2.38. The quantitative estimate of drug-likeness (QED) is 0.0993. The minimum Gasteiger partial charge on any atom is -0.308 e. The van der Waals surface area contributed by atoms with Crippen molar-refractivity contribution in [3.63, 3.8) is 0 Å². The summed E-state index contributed by atoms with van der Waals surface area (Å²) in [6.45, 7) is 0. The van der Waals surface area contributed by atoms with Crippen LogP contribution in [0, 0.1) is 0 Å². The lowest BCUT2D eigenvalue weighted by Crippen LogP contribution is -2.24. The molecule has 0 saturated heterocycles. The lowest BCUT2D eigenvalue weighted by molar-refractivity contribution is 1.31. The van der Waals surface area contributed by atoms with Gasteiger partial charge in [-0.25, -0.2) is 0 Å². The van der Waals surface area contributed by atoms with Crippen LogP contribution in [0.3, 0.4) is 0 Å². The van der Waals surface area contributed by atoms with Gasteiger partial charge in [0.1, 0.15) is 0 Å². The van der Waals surface area contributed by atoms with Gasteiger partial charge in [-0.05, 0) is 133 Å². The fraction of sp³-hybridized carbons (Fsp3) is 0. The van der Waals surface area contributed by atoms with Gasteiger partial charge in [-0.15, -0.1) is 0 Å². The Morgan fingerprint density at radius 2 is 0.457 bits per heavy atom. The number of para-hydroxylation sites is 6. The SMILES string of the molecule is O=c1c2ccccc2n2c3ccc(P(c4ccc5c(c4)c(=O)c4cccc6c(=O)c7ccccc7n5c64)c4ccc5c(c4)c(=O)c4cccc6c(=O)c7ccccc7n5c64)cc3c(=O)c3cccc1c32. The molecule has 6 heterocycles. The van der Waals surface area contributed by atoms with Gasteiger partial charge in [-0.1, -0.05) is 72.8 Å². The standard InChI is InChI=1S/C60H30N3O6P/c64-55-34-10-1-4-19-46(34)61-49-25-22-31(28-43(49)58(67)40-16-7-13-37(55)52(40)61)70(32-23-26-50-44(29-32)59(68)41-17-8-14-38-53(41)62(50)47-20-5-2-11-35(47)56(38)65)33-24-27-51-45(30-33)60(69)42-18-9-15-39-54(42)63(51)48-21-6-3-12-36(48)57(39)66/h1-30H. The van der Waals surface area contributed by atoms with Crippen LogP contribution in [-0.2, 0) is 0 Å². The lowest BCUT2D eigenvalue weighted by atomic mass is 10.0. The molecular formula is C60H30N3O6P. The van der Waals surface area contributed by atoms with Crippen molar-refractivity contribution < 1.29 is 0 Å². The Balaban J connectivity index is 1.07. The molecule has 0 bridgehead atoms. The van der Waals surface area contributed by atoms with Crippen LogP contribution < -0.4 is 48.5 Å². The zero-order valence-electron chi connectivity index (χ0n) is 36.6. The molecule has 0 radical (unpaired) electrons. The first-order valence-electron chi connectivity index (χ1n) is 22.8. The smallest absolute Gasteiger partial charge is 0.197 e. The Bertz CT molecular complexity index is 4770. The fourth-order valence-electron chi connectivity index (χ4n) is 11.6. The number of hydrogen-bond donors (Lipinski definition) is 0. The highest BCUT2D eigenvalue weighted by molar-refractivity contribution is 7.79. The van der Waals surface area contributed by atoms with Crippen LogP contribution in [0.5, 0.6) is 0 Å². The Morgan fingerprint density at radius 3 is 0.743 bits per heavy atom. The summed E-state index contributed by atoms with van der Waals surface area (Å²) in [5.41, 5.74) is 4.60. The Hall–Kier alpha value is -9.17. The molecule has 9 nitrogen and oxygen atoms in total. The fourth-order valence-corrected chi connectivity index (χ4v) is 13.9. The van der Waals surface area contributed by atoms with Gasteiger partial charge < -0.3 is 13.2 Å². The number of fused-ring (bicyclic) bond motifs is 12. The van der Waals surface area contributed by atoms with Gasteiger partial charge in [0, 0.05) is 64.6 Å². The molecule has 0 aliphatic rings. The monoisotopic (exact) mass is 919 g/mol. The molecule has 0 spiro atoms. The van der Waals surface area contributed by atoms with E-state index in [9.17, 15) is 28.8 Å². The second kappa shape index (κ2) is 13.7. The van der Waals surface area contributed by atoms with Crippen molar-refractivity contribution in [2.75, 3.05) is 0 Å². The van der Waals surface area contributed by atoms with E-state index in [1.807, 2.05) is 141 Å². The van der Waals surface area contributed by atoms with Crippen LogP contribution in [0.2, 0.25) is 0 Å². The molecule has 10 heteroatoms. The number of rotatable bonds is 3. The molecule has 15 rings (SSSR count). The number of benzene rings is 9. The van der Waals surface area contributed by atoms with E-state index < -0.39 is 7.92 Å². The second-order valence-corrected chi connectivity index (χ2v) is 20.3. The third-order valence-electron chi connectivity index (χ3n) is 14.6. The first kappa shape index (κ1) is 38.9. The molecule has 0 fully saturated rings. The molecule has 9 aromatic carbocycles. The molecule has 70 heavy (non-hydrogen) atoms. The minimum absolute atomic E-state index is 0.138. The van der Waals surface area contributed by atoms with E-state index in [1.165, 1.54) is 0 Å². The molecule has 0 aliphatic carbocycles. The first-order valence-corrected chi connectivity index (χ1v) is 24.2. The molecule has 326 valence electrons. The van der Waals surface area contributed by atoms with Crippen LogP contribution in [0.25, 0.3) is 114 Å². The molecule has 15 aromatic rings. The van der Waals surface area contributed by atoms with Crippen molar-refractivity contribution in [3.8, 4) is 0 Å². The van der Waals surface area contributed by atoms with E-state index in [0.29, 0.717) is 114 Å². The van der Waals surface area contributed by atoms with E-state index in [4.69, 9.17) is 0 Å². The number of aromatic nitrogens is 3. The highest BCUT2D eigenvalue weighted by Gasteiger charge is 2.25. The minimum atomic E-state index is -1.64. The lowest BCUT2D eigenvalue weighted by Gasteiger charge is -2.23. The maximum Gasteiger partial charge on any atom is 0.197 e. The molecule has 0 aliphatic heterocycles. The van der Waals surface area contributed by atoms with E-state index in [2.05, 4.69) is 0 Å². The highest BCUT2D eigenvalue weighted by atomic mass is 31.1. The van der Waals surface area contributed by atoms with Crippen molar-refractivity contribution >= 4 is 138 Å². The summed E-state index contributed by atoms with van der Waals surface area (Å²) in [7, 11) is -1.64. The van der Waals surface area contributed by atoms with Gasteiger partial charge in [0.2, 0.25) is 0 Å². The maximum atomic E-state index is 14.9. The maximum absolute atomic E-state index is 14.9. The van der Waals surface area contributed by atoms with Gasteiger partial charge in [0.05, 0.1) is 49.7 Å².